The predicted octanol–water partition coefficient (Wildman–Crippen LogP) is 0.527. The van der Waals surface area contributed by atoms with Crippen LogP contribution in [0.2, 0.25) is 0 Å². The van der Waals surface area contributed by atoms with Gasteiger partial charge in [-0.3, -0.25) is 0 Å². The molecule has 0 unspecified atom stereocenters. The van der Waals surface area contributed by atoms with Crippen LogP contribution in [0.3, 0.4) is 0 Å². The van der Waals surface area contributed by atoms with Gasteiger partial charge in [0.25, 0.3) is 0 Å². The molecule has 0 spiro atoms. The minimum atomic E-state index is 0.972. The van der Waals surface area contributed by atoms with Crippen LogP contribution < -0.4 is 10.6 Å². The Morgan fingerprint density at radius 2 is 1.71 bits per heavy atom. The number of hydrogen-bond donors (Lipinski definition) is 2. The van der Waals surface area contributed by atoms with E-state index in [4.69, 9.17) is 0 Å². The normalized spacial score (nSPS) is 23.6. The van der Waals surface area contributed by atoms with Crippen LogP contribution in [0.25, 0.3) is 0 Å². The van der Waals surface area contributed by atoms with Crippen molar-refractivity contribution in [3.05, 3.63) is 0 Å². The summed E-state index contributed by atoms with van der Waals surface area (Å²) in [7, 11) is 0. The van der Waals surface area contributed by atoms with Gasteiger partial charge in [-0.05, 0) is 32.0 Å². The summed E-state index contributed by atoms with van der Waals surface area (Å²) in [4.78, 5) is 2.58. The summed E-state index contributed by atoms with van der Waals surface area (Å²) in [6.07, 6.45) is 1.40. The summed E-state index contributed by atoms with van der Waals surface area (Å²) < 4.78 is 0. The molecule has 3 heteroatoms. The van der Waals surface area contributed by atoms with Crippen LogP contribution in [0.15, 0.2) is 0 Å². The third-order valence-electron chi connectivity index (χ3n) is 2.93. The number of nitrogens with one attached hydrogen (secondary N) is 2. The average Bonchev–Trinajstić information content (AvgIpc) is 2.20. The topological polar surface area (TPSA) is 27.3 Å². The molecular weight excluding hydrogens is 174 g/mol. The van der Waals surface area contributed by atoms with Crippen molar-refractivity contribution in [2.24, 2.45) is 5.92 Å². The maximum absolute atomic E-state index is 3.38. The largest absolute Gasteiger partial charge is 0.316 e. The summed E-state index contributed by atoms with van der Waals surface area (Å²) in [5, 5.41) is 6.69. The zero-order valence-electron chi connectivity index (χ0n) is 9.68. The molecule has 0 radical (unpaired) electrons. The van der Waals surface area contributed by atoms with Crippen LogP contribution in [0.4, 0.5) is 0 Å². The van der Waals surface area contributed by atoms with E-state index >= 15 is 0 Å². The van der Waals surface area contributed by atoms with Gasteiger partial charge >= 0.3 is 0 Å². The maximum Gasteiger partial charge on any atom is 0.0107 e. The summed E-state index contributed by atoms with van der Waals surface area (Å²) in [5.41, 5.74) is 0. The molecule has 0 aliphatic carbocycles. The van der Waals surface area contributed by atoms with Crippen molar-refractivity contribution in [2.45, 2.75) is 20.3 Å². The monoisotopic (exact) mass is 199 g/mol. The third kappa shape index (κ3) is 3.95. The highest BCUT2D eigenvalue weighted by Crippen LogP contribution is 2.09. The van der Waals surface area contributed by atoms with Crippen molar-refractivity contribution >= 4 is 0 Å². The highest BCUT2D eigenvalue weighted by atomic mass is 15.2. The van der Waals surface area contributed by atoms with Crippen molar-refractivity contribution < 1.29 is 0 Å². The lowest BCUT2D eigenvalue weighted by atomic mass is 9.99. The standard InChI is InChI=1S/C9H19N3.C2H6/c1(9-7-11-8-9)4-12-5-2-10-3-6-12;1-2/h9-11H,1-8H2;1-2H3. The first kappa shape index (κ1) is 12.0. The van der Waals surface area contributed by atoms with E-state index in [2.05, 4.69) is 15.5 Å². The van der Waals surface area contributed by atoms with E-state index in [9.17, 15) is 0 Å². The number of piperazine rings is 1. The Bertz CT molecular complexity index is 128. The molecule has 2 aliphatic heterocycles. The third-order valence-corrected chi connectivity index (χ3v) is 2.93. The lowest BCUT2D eigenvalue weighted by Crippen LogP contribution is -2.47. The first-order valence-electron chi connectivity index (χ1n) is 6.09. The molecule has 2 N–H and O–H groups in total. The van der Waals surface area contributed by atoms with Gasteiger partial charge in [0.15, 0.2) is 0 Å². The van der Waals surface area contributed by atoms with Gasteiger partial charge in [-0.2, -0.15) is 0 Å². The molecule has 0 amide bonds. The van der Waals surface area contributed by atoms with Crippen molar-refractivity contribution in [3.63, 3.8) is 0 Å². The Kier molecular flexibility index (Phi) is 6.15. The number of hydrogen-bond acceptors (Lipinski definition) is 3. The molecule has 2 saturated heterocycles. The number of rotatable bonds is 3. The first-order chi connectivity index (χ1) is 6.95. The van der Waals surface area contributed by atoms with E-state index in [1.807, 2.05) is 13.8 Å². The second-order valence-corrected chi connectivity index (χ2v) is 3.90. The summed E-state index contributed by atoms with van der Waals surface area (Å²) in [6.45, 7) is 12.7. The Labute approximate surface area is 88.2 Å². The molecule has 14 heavy (non-hydrogen) atoms. The van der Waals surface area contributed by atoms with Crippen LogP contribution in [0, 0.1) is 5.92 Å². The van der Waals surface area contributed by atoms with E-state index in [0.29, 0.717) is 0 Å². The van der Waals surface area contributed by atoms with Gasteiger partial charge in [0.1, 0.15) is 0 Å². The predicted molar refractivity (Wildman–Crippen MR) is 61.6 cm³/mol. The van der Waals surface area contributed by atoms with Crippen LogP contribution in [0.1, 0.15) is 20.3 Å². The van der Waals surface area contributed by atoms with Gasteiger partial charge in [0, 0.05) is 26.2 Å². The van der Waals surface area contributed by atoms with Crippen LogP contribution >= 0.6 is 0 Å². The molecule has 0 aromatic carbocycles. The Morgan fingerprint density at radius 1 is 1.07 bits per heavy atom. The zero-order valence-corrected chi connectivity index (χ0v) is 9.68. The fourth-order valence-corrected chi connectivity index (χ4v) is 1.85. The minimum absolute atomic E-state index is 0.972. The quantitative estimate of drug-likeness (QED) is 0.694. The van der Waals surface area contributed by atoms with Gasteiger partial charge in [0.05, 0.1) is 0 Å². The van der Waals surface area contributed by atoms with Crippen LogP contribution in [0.5, 0.6) is 0 Å². The molecule has 2 rings (SSSR count). The SMILES string of the molecule is C1CN(CCC2CNC2)CCN1.CC. The molecule has 2 fully saturated rings. The highest BCUT2D eigenvalue weighted by molar-refractivity contribution is 4.77. The average molecular weight is 199 g/mol. The molecular formula is C11H25N3. The summed E-state index contributed by atoms with van der Waals surface area (Å²) in [6, 6.07) is 0. The highest BCUT2D eigenvalue weighted by Gasteiger charge is 2.18. The van der Waals surface area contributed by atoms with Crippen LogP contribution in [-0.4, -0.2) is 50.7 Å². The van der Waals surface area contributed by atoms with E-state index in [1.165, 1.54) is 52.2 Å². The molecule has 3 nitrogen and oxygen atoms in total. The van der Waals surface area contributed by atoms with Crippen molar-refractivity contribution in [1.29, 1.82) is 0 Å². The van der Waals surface area contributed by atoms with E-state index in [0.717, 1.165) is 5.92 Å². The summed E-state index contributed by atoms with van der Waals surface area (Å²) >= 11 is 0. The van der Waals surface area contributed by atoms with Crippen molar-refractivity contribution in [3.8, 4) is 0 Å². The first-order valence-corrected chi connectivity index (χ1v) is 6.09. The van der Waals surface area contributed by atoms with Gasteiger partial charge in [0.2, 0.25) is 0 Å². The molecule has 0 saturated carbocycles. The molecule has 0 atom stereocenters. The summed E-state index contributed by atoms with van der Waals surface area (Å²) in [5.74, 6) is 0.972. The Morgan fingerprint density at radius 3 is 2.21 bits per heavy atom. The zero-order chi connectivity index (χ0) is 10.2. The number of nitrogens with zero attached hydrogens (tertiary/aromatic N) is 1. The van der Waals surface area contributed by atoms with E-state index in [-0.39, 0.29) is 0 Å². The molecule has 2 aliphatic rings. The fraction of sp³-hybridized carbons (Fsp3) is 1.00. The Balaban J connectivity index is 0.000000461. The van der Waals surface area contributed by atoms with Gasteiger partial charge < -0.3 is 15.5 Å². The van der Waals surface area contributed by atoms with Gasteiger partial charge in [-0.25, -0.2) is 0 Å². The molecule has 0 bridgehead atoms. The van der Waals surface area contributed by atoms with E-state index in [1.54, 1.807) is 0 Å². The van der Waals surface area contributed by atoms with Crippen molar-refractivity contribution in [1.82, 2.24) is 15.5 Å². The lowest BCUT2D eigenvalue weighted by molar-refractivity contribution is 0.206. The molecule has 0 aromatic heterocycles. The van der Waals surface area contributed by atoms with Crippen molar-refractivity contribution in [2.75, 3.05) is 45.8 Å². The molecule has 84 valence electrons. The molecule has 0 aromatic rings. The van der Waals surface area contributed by atoms with Gasteiger partial charge in [-0.1, -0.05) is 13.8 Å². The second kappa shape index (κ2) is 7.21. The fourth-order valence-electron chi connectivity index (χ4n) is 1.85. The molecule has 2 heterocycles. The smallest absolute Gasteiger partial charge is 0.0107 e. The van der Waals surface area contributed by atoms with Gasteiger partial charge in [-0.15, -0.1) is 0 Å². The maximum atomic E-state index is 3.38. The van der Waals surface area contributed by atoms with Crippen LogP contribution in [-0.2, 0) is 0 Å². The van der Waals surface area contributed by atoms with E-state index < -0.39 is 0 Å². The second-order valence-electron chi connectivity index (χ2n) is 3.90. The Hall–Kier alpha value is -0.120. The lowest BCUT2D eigenvalue weighted by Gasteiger charge is -2.32. The minimum Gasteiger partial charge on any atom is -0.316 e.